The van der Waals surface area contributed by atoms with Gasteiger partial charge in [0.25, 0.3) is 10.0 Å². The van der Waals surface area contributed by atoms with Crippen LogP contribution in [0.2, 0.25) is 5.02 Å². The predicted molar refractivity (Wildman–Crippen MR) is 127 cm³/mol. The number of benzene rings is 1. The summed E-state index contributed by atoms with van der Waals surface area (Å²) in [6, 6.07) is 14.0. The SMILES string of the molecule is Cc1ccc(S(=O)(=O)n2c(-c3ccc(N4CCNCC4)nc3)cc3c(Cl)ccnc32)cc1. The molecule has 9 heteroatoms. The third-order valence-electron chi connectivity index (χ3n) is 5.65. The van der Waals surface area contributed by atoms with Gasteiger partial charge in [-0.1, -0.05) is 29.3 Å². The molecule has 0 amide bonds. The number of anilines is 1. The van der Waals surface area contributed by atoms with Crippen LogP contribution in [0, 0.1) is 6.92 Å². The van der Waals surface area contributed by atoms with Crippen LogP contribution < -0.4 is 10.2 Å². The normalized spacial score (nSPS) is 14.8. The van der Waals surface area contributed by atoms with Gasteiger partial charge in [-0.25, -0.2) is 22.4 Å². The highest BCUT2D eigenvalue weighted by Gasteiger charge is 2.26. The van der Waals surface area contributed by atoms with Crippen molar-refractivity contribution in [3.63, 3.8) is 0 Å². The third-order valence-corrected chi connectivity index (χ3v) is 7.70. The number of aromatic nitrogens is 3. The summed E-state index contributed by atoms with van der Waals surface area (Å²) in [7, 11) is -3.92. The van der Waals surface area contributed by atoms with Crippen molar-refractivity contribution in [1.29, 1.82) is 0 Å². The second-order valence-corrected chi connectivity index (χ2v) is 9.98. The van der Waals surface area contributed by atoms with E-state index >= 15 is 0 Å². The summed E-state index contributed by atoms with van der Waals surface area (Å²) < 4.78 is 28.6. The summed E-state index contributed by atoms with van der Waals surface area (Å²) in [5, 5.41) is 4.35. The van der Waals surface area contributed by atoms with Crippen LogP contribution in [0.1, 0.15) is 5.56 Å². The molecule has 1 aliphatic heterocycles. The third kappa shape index (κ3) is 3.64. The highest BCUT2D eigenvalue weighted by Crippen LogP contribution is 2.34. The molecule has 1 N–H and O–H groups in total. The lowest BCUT2D eigenvalue weighted by Crippen LogP contribution is -2.43. The number of rotatable bonds is 4. The van der Waals surface area contributed by atoms with Crippen LogP contribution in [0.3, 0.4) is 0 Å². The van der Waals surface area contributed by atoms with Crippen LogP contribution in [-0.2, 0) is 10.0 Å². The van der Waals surface area contributed by atoms with E-state index < -0.39 is 10.0 Å². The van der Waals surface area contributed by atoms with Gasteiger partial charge in [0.2, 0.25) is 0 Å². The van der Waals surface area contributed by atoms with E-state index in [-0.39, 0.29) is 4.90 Å². The van der Waals surface area contributed by atoms with Crippen molar-refractivity contribution in [2.24, 2.45) is 0 Å². The smallest absolute Gasteiger partial charge is 0.269 e. The molecule has 0 saturated carbocycles. The molecule has 5 rings (SSSR count). The van der Waals surface area contributed by atoms with E-state index in [1.165, 1.54) is 10.2 Å². The maximum absolute atomic E-state index is 13.7. The van der Waals surface area contributed by atoms with Crippen LogP contribution in [0.5, 0.6) is 0 Å². The molecule has 4 heterocycles. The molecule has 0 aliphatic carbocycles. The van der Waals surface area contributed by atoms with Gasteiger partial charge in [0.05, 0.1) is 15.6 Å². The molecule has 4 aromatic rings. The topological polar surface area (TPSA) is 80.1 Å². The van der Waals surface area contributed by atoms with Crippen LogP contribution in [0.15, 0.2) is 65.8 Å². The summed E-state index contributed by atoms with van der Waals surface area (Å²) in [5.41, 5.74) is 2.42. The van der Waals surface area contributed by atoms with Gasteiger partial charge in [0, 0.05) is 49.5 Å². The van der Waals surface area contributed by atoms with E-state index in [1.807, 2.05) is 19.1 Å². The van der Waals surface area contributed by atoms with Crippen LogP contribution in [0.4, 0.5) is 5.82 Å². The summed E-state index contributed by atoms with van der Waals surface area (Å²) in [6.07, 6.45) is 3.22. The van der Waals surface area contributed by atoms with Crippen LogP contribution >= 0.6 is 11.6 Å². The zero-order valence-electron chi connectivity index (χ0n) is 17.5. The van der Waals surface area contributed by atoms with E-state index in [9.17, 15) is 8.42 Å². The largest absolute Gasteiger partial charge is 0.354 e. The Hall–Kier alpha value is -2.94. The quantitative estimate of drug-likeness (QED) is 0.493. The molecular formula is C23H22ClN5O2S. The Balaban J connectivity index is 1.66. The van der Waals surface area contributed by atoms with E-state index in [0.29, 0.717) is 27.3 Å². The number of nitrogens with zero attached hydrogens (tertiary/aromatic N) is 4. The van der Waals surface area contributed by atoms with Gasteiger partial charge in [0.15, 0.2) is 5.65 Å². The van der Waals surface area contributed by atoms with Gasteiger partial charge >= 0.3 is 0 Å². The zero-order chi connectivity index (χ0) is 22.3. The number of fused-ring (bicyclic) bond motifs is 1. The predicted octanol–water partition coefficient (Wildman–Crippen LogP) is 3.71. The number of piperazine rings is 1. The van der Waals surface area contributed by atoms with E-state index in [2.05, 4.69) is 20.2 Å². The van der Waals surface area contributed by atoms with Crippen molar-refractivity contribution in [2.45, 2.75) is 11.8 Å². The van der Waals surface area contributed by atoms with Crippen molar-refractivity contribution in [3.8, 4) is 11.3 Å². The Kier molecular flexibility index (Phi) is 5.36. The van der Waals surface area contributed by atoms with Gasteiger partial charge in [-0.05, 0) is 43.3 Å². The van der Waals surface area contributed by atoms with Crippen molar-refractivity contribution in [3.05, 3.63) is 71.5 Å². The number of pyridine rings is 2. The lowest BCUT2D eigenvalue weighted by atomic mass is 10.2. The Morgan fingerprint density at radius 2 is 1.75 bits per heavy atom. The minimum Gasteiger partial charge on any atom is -0.354 e. The number of hydrogen-bond donors (Lipinski definition) is 1. The number of hydrogen-bond acceptors (Lipinski definition) is 6. The van der Waals surface area contributed by atoms with Gasteiger partial charge in [-0.3, -0.25) is 0 Å². The molecule has 7 nitrogen and oxygen atoms in total. The Bertz CT molecular complexity index is 1380. The van der Waals surface area contributed by atoms with Crippen LogP contribution in [0.25, 0.3) is 22.3 Å². The summed E-state index contributed by atoms with van der Waals surface area (Å²) in [5.74, 6) is 0.871. The first kappa shape index (κ1) is 20.9. The fourth-order valence-electron chi connectivity index (χ4n) is 3.92. The molecular weight excluding hydrogens is 446 g/mol. The Morgan fingerprint density at radius 3 is 2.44 bits per heavy atom. The number of aryl methyl sites for hydroxylation is 1. The minimum atomic E-state index is -3.92. The van der Waals surface area contributed by atoms with Crippen molar-refractivity contribution >= 4 is 38.5 Å². The summed E-state index contributed by atoms with van der Waals surface area (Å²) in [4.78, 5) is 11.4. The zero-order valence-corrected chi connectivity index (χ0v) is 19.1. The molecule has 0 atom stereocenters. The summed E-state index contributed by atoms with van der Waals surface area (Å²) in [6.45, 7) is 5.51. The van der Waals surface area contributed by atoms with Crippen molar-refractivity contribution in [2.75, 3.05) is 31.1 Å². The van der Waals surface area contributed by atoms with E-state index in [4.69, 9.17) is 11.6 Å². The maximum Gasteiger partial charge on any atom is 0.269 e. The standard InChI is InChI=1S/C23H22ClN5O2S/c1-16-2-5-18(6-3-16)32(30,31)29-21(14-19-20(24)8-9-26-23(19)29)17-4-7-22(27-15-17)28-12-10-25-11-13-28/h2-9,14-15,25H,10-13H2,1H3. The molecule has 3 aromatic heterocycles. The fourth-order valence-corrected chi connectivity index (χ4v) is 5.60. The molecule has 0 unspecified atom stereocenters. The summed E-state index contributed by atoms with van der Waals surface area (Å²) >= 11 is 6.40. The monoisotopic (exact) mass is 467 g/mol. The lowest BCUT2D eigenvalue weighted by molar-refractivity contribution is 0.585. The average molecular weight is 468 g/mol. The minimum absolute atomic E-state index is 0.189. The first-order valence-electron chi connectivity index (χ1n) is 10.4. The molecule has 0 spiro atoms. The molecule has 1 fully saturated rings. The number of halogens is 1. The van der Waals surface area contributed by atoms with Crippen molar-refractivity contribution < 1.29 is 8.42 Å². The van der Waals surface area contributed by atoms with E-state index in [1.54, 1.807) is 42.6 Å². The molecule has 1 saturated heterocycles. The second-order valence-electron chi connectivity index (χ2n) is 7.78. The average Bonchev–Trinajstić information content (AvgIpc) is 3.22. The Morgan fingerprint density at radius 1 is 1.00 bits per heavy atom. The lowest BCUT2D eigenvalue weighted by Gasteiger charge is -2.28. The van der Waals surface area contributed by atoms with Gasteiger partial charge in [0.1, 0.15) is 5.82 Å². The van der Waals surface area contributed by atoms with E-state index in [0.717, 1.165) is 37.6 Å². The Labute approximate surface area is 191 Å². The molecule has 1 aliphatic rings. The van der Waals surface area contributed by atoms with Gasteiger partial charge < -0.3 is 10.2 Å². The first-order valence-corrected chi connectivity index (χ1v) is 12.2. The highest BCUT2D eigenvalue weighted by molar-refractivity contribution is 7.90. The fraction of sp³-hybridized carbons (Fsp3) is 0.217. The molecule has 1 aromatic carbocycles. The molecule has 164 valence electrons. The van der Waals surface area contributed by atoms with Crippen LogP contribution in [-0.4, -0.2) is 48.5 Å². The molecule has 0 bridgehead atoms. The maximum atomic E-state index is 13.7. The van der Waals surface area contributed by atoms with Gasteiger partial charge in [-0.15, -0.1) is 0 Å². The van der Waals surface area contributed by atoms with Gasteiger partial charge in [-0.2, -0.15) is 0 Å². The molecule has 32 heavy (non-hydrogen) atoms. The number of nitrogens with one attached hydrogen (secondary N) is 1. The van der Waals surface area contributed by atoms with Crippen molar-refractivity contribution in [1.82, 2.24) is 19.3 Å². The molecule has 0 radical (unpaired) electrons. The first-order chi connectivity index (χ1) is 15.4. The highest BCUT2D eigenvalue weighted by atomic mass is 35.5. The second kappa shape index (κ2) is 8.20.